The quantitative estimate of drug-likeness (QED) is 0.564. The smallest absolute Gasteiger partial charge is 0.255 e. The van der Waals surface area contributed by atoms with Gasteiger partial charge in [-0.2, -0.15) is 0 Å². The largest absolute Gasteiger partial charge is 0.497 e. The summed E-state index contributed by atoms with van der Waals surface area (Å²) in [6, 6.07) is 11.7. The number of ether oxygens (including phenoxy) is 2. The summed E-state index contributed by atoms with van der Waals surface area (Å²) in [5.41, 5.74) is 3.91. The zero-order chi connectivity index (χ0) is 22.7. The number of aryl methyl sites for hydroxylation is 1. The maximum atomic E-state index is 13.3. The Kier molecular flexibility index (Phi) is 6.55. The molecule has 2 aromatic heterocycles. The second kappa shape index (κ2) is 9.53. The number of hydrogen-bond acceptors (Lipinski definition) is 5. The van der Waals surface area contributed by atoms with Crippen molar-refractivity contribution in [1.82, 2.24) is 14.4 Å². The highest BCUT2D eigenvalue weighted by Crippen LogP contribution is 2.26. The third-order valence-electron chi connectivity index (χ3n) is 6.24. The minimum absolute atomic E-state index is 0.0994. The molecular weight excluding hydrogens is 406 g/mol. The first-order chi connectivity index (χ1) is 15.5. The van der Waals surface area contributed by atoms with Gasteiger partial charge in [0, 0.05) is 49.7 Å². The third-order valence-corrected chi connectivity index (χ3v) is 6.24. The van der Waals surface area contributed by atoms with Gasteiger partial charge in [-0.1, -0.05) is 0 Å². The van der Waals surface area contributed by atoms with Gasteiger partial charge in [0.15, 0.2) is 0 Å². The van der Waals surface area contributed by atoms with Gasteiger partial charge >= 0.3 is 0 Å². The first-order valence-corrected chi connectivity index (χ1v) is 10.9. The average Bonchev–Trinajstić information content (AvgIpc) is 3.43. The van der Waals surface area contributed by atoms with Crippen LogP contribution in [0.15, 0.2) is 47.1 Å². The normalized spacial score (nSPS) is 14.6. The molecule has 3 heterocycles. The number of nitrogens with zero attached hydrogens (tertiary/aromatic N) is 3. The Morgan fingerprint density at radius 1 is 1.00 bits per heavy atom. The molecule has 0 saturated carbocycles. The monoisotopic (exact) mass is 437 g/mol. The van der Waals surface area contributed by atoms with Crippen LogP contribution in [0.3, 0.4) is 0 Å². The molecule has 0 bridgehead atoms. The van der Waals surface area contributed by atoms with Crippen molar-refractivity contribution in [3.8, 4) is 11.5 Å². The molecule has 1 aliphatic rings. The molecule has 0 atom stereocenters. The fourth-order valence-corrected chi connectivity index (χ4v) is 4.35. The molecule has 1 fully saturated rings. The van der Waals surface area contributed by atoms with Crippen LogP contribution in [0.2, 0.25) is 0 Å². The van der Waals surface area contributed by atoms with E-state index in [0.717, 1.165) is 59.4 Å². The molecule has 0 aliphatic carbocycles. The lowest BCUT2D eigenvalue weighted by Gasteiger charge is -2.35. The fourth-order valence-electron chi connectivity index (χ4n) is 4.35. The van der Waals surface area contributed by atoms with Gasteiger partial charge in [0.1, 0.15) is 17.3 Å². The van der Waals surface area contributed by atoms with Gasteiger partial charge in [0.25, 0.3) is 5.91 Å². The van der Waals surface area contributed by atoms with E-state index in [0.29, 0.717) is 19.6 Å². The van der Waals surface area contributed by atoms with Gasteiger partial charge in [-0.25, -0.2) is 0 Å². The molecule has 32 heavy (non-hydrogen) atoms. The molecule has 1 aliphatic heterocycles. The van der Waals surface area contributed by atoms with E-state index >= 15 is 0 Å². The Morgan fingerprint density at radius 3 is 2.44 bits per heavy atom. The van der Waals surface area contributed by atoms with Gasteiger partial charge in [-0.05, 0) is 50.2 Å². The summed E-state index contributed by atoms with van der Waals surface area (Å²) < 4.78 is 18.5. The van der Waals surface area contributed by atoms with E-state index in [4.69, 9.17) is 13.9 Å². The van der Waals surface area contributed by atoms with Crippen LogP contribution in [0.4, 0.5) is 0 Å². The van der Waals surface area contributed by atoms with Crippen LogP contribution < -0.4 is 9.47 Å². The van der Waals surface area contributed by atoms with Crippen molar-refractivity contribution in [2.45, 2.75) is 26.9 Å². The van der Waals surface area contributed by atoms with Crippen LogP contribution in [0.5, 0.6) is 11.5 Å². The van der Waals surface area contributed by atoms with Gasteiger partial charge < -0.3 is 23.4 Å². The summed E-state index contributed by atoms with van der Waals surface area (Å²) in [7, 11) is 3.35. The van der Waals surface area contributed by atoms with Gasteiger partial charge in [0.05, 0.1) is 32.6 Å². The molecule has 0 N–H and O–H groups in total. The predicted molar refractivity (Wildman–Crippen MR) is 122 cm³/mol. The third kappa shape index (κ3) is 4.53. The number of hydrogen-bond donors (Lipinski definition) is 0. The average molecular weight is 438 g/mol. The summed E-state index contributed by atoms with van der Waals surface area (Å²) in [5, 5.41) is 0. The number of piperazine rings is 1. The lowest BCUT2D eigenvalue weighted by Crippen LogP contribution is -2.48. The molecule has 7 heteroatoms. The van der Waals surface area contributed by atoms with E-state index in [1.165, 1.54) is 0 Å². The second-order valence-electron chi connectivity index (χ2n) is 8.20. The summed E-state index contributed by atoms with van der Waals surface area (Å²) in [4.78, 5) is 17.6. The first kappa shape index (κ1) is 22.0. The van der Waals surface area contributed by atoms with Gasteiger partial charge in [0.2, 0.25) is 0 Å². The van der Waals surface area contributed by atoms with Crippen molar-refractivity contribution >= 4 is 5.91 Å². The highest BCUT2D eigenvalue weighted by molar-refractivity contribution is 5.95. The van der Waals surface area contributed by atoms with E-state index in [1.807, 2.05) is 55.1 Å². The summed E-state index contributed by atoms with van der Waals surface area (Å²) in [6.45, 7) is 8.48. The van der Waals surface area contributed by atoms with Crippen LogP contribution in [-0.4, -0.2) is 60.7 Å². The molecule has 1 aromatic carbocycles. The minimum Gasteiger partial charge on any atom is -0.497 e. The number of furan rings is 1. The van der Waals surface area contributed by atoms with E-state index < -0.39 is 0 Å². The van der Waals surface area contributed by atoms with E-state index in [9.17, 15) is 4.79 Å². The number of carbonyl (C=O) groups excluding carboxylic acids is 1. The summed E-state index contributed by atoms with van der Waals surface area (Å²) >= 11 is 0. The summed E-state index contributed by atoms with van der Waals surface area (Å²) in [6.07, 6.45) is 1.68. The van der Waals surface area contributed by atoms with Crippen molar-refractivity contribution in [1.29, 1.82) is 0 Å². The molecule has 170 valence electrons. The van der Waals surface area contributed by atoms with E-state index in [2.05, 4.69) is 9.47 Å². The Morgan fingerprint density at radius 2 is 1.78 bits per heavy atom. The Labute approximate surface area is 189 Å². The van der Waals surface area contributed by atoms with Crippen molar-refractivity contribution < 1.29 is 18.7 Å². The topological polar surface area (TPSA) is 60.1 Å². The first-order valence-electron chi connectivity index (χ1n) is 10.9. The number of amides is 1. The molecule has 3 aromatic rings. The van der Waals surface area contributed by atoms with Crippen LogP contribution in [0.25, 0.3) is 0 Å². The Bertz CT molecular complexity index is 1060. The van der Waals surface area contributed by atoms with Crippen molar-refractivity contribution in [3.63, 3.8) is 0 Å². The molecule has 4 rings (SSSR count). The Hall–Kier alpha value is -3.19. The van der Waals surface area contributed by atoms with Gasteiger partial charge in [-0.3, -0.25) is 9.69 Å². The zero-order valence-corrected chi connectivity index (χ0v) is 19.3. The Balaban J connectivity index is 1.40. The van der Waals surface area contributed by atoms with Crippen LogP contribution in [-0.2, 0) is 13.1 Å². The maximum absolute atomic E-state index is 13.3. The molecule has 0 radical (unpaired) electrons. The molecular formula is C25H31N3O4. The number of methoxy groups -OCH3 is 2. The number of benzene rings is 1. The molecule has 0 unspecified atom stereocenters. The van der Waals surface area contributed by atoms with E-state index in [1.54, 1.807) is 20.5 Å². The number of aromatic nitrogens is 1. The molecule has 0 spiro atoms. The van der Waals surface area contributed by atoms with Crippen LogP contribution in [0, 0.1) is 13.8 Å². The van der Waals surface area contributed by atoms with Crippen LogP contribution in [0.1, 0.15) is 33.1 Å². The molecule has 7 nitrogen and oxygen atoms in total. The molecule has 1 amide bonds. The lowest BCUT2D eigenvalue weighted by molar-refractivity contribution is 0.0626. The fraction of sp³-hybridized carbons (Fsp3) is 0.400. The molecule has 1 saturated heterocycles. The standard InChI is InChI=1S/C25H31N3O4/c1-18-14-23(19(2)28(18)17-22-6-5-13-32-22)25(29)27-11-9-26(10-12-27)16-20-15-21(30-3)7-8-24(20)31-4/h5-8,13-15H,9-12,16-17H2,1-4H3. The minimum atomic E-state index is 0.0994. The number of rotatable bonds is 7. The van der Waals surface area contributed by atoms with Crippen molar-refractivity contribution in [2.24, 2.45) is 0 Å². The highest BCUT2D eigenvalue weighted by Gasteiger charge is 2.26. The van der Waals surface area contributed by atoms with Crippen LogP contribution >= 0.6 is 0 Å². The maximum Gasteiger partial charge on any atom is 0.255 e. The predicted octanol–water partition coefficient (Wildman–Crippen LogP) is 3.72. The van der Waals surface area contributed by atoms with Crippen molar-refractivity contribution in [3.05, 3.63) is 70.9 Å². The van der Waals surface area contributed by atoms with E-state index in [-0.39, 0.29) is 5.91 Å². The lowest BCUT2D eigenvalue weighted by atomic mass is 10.1. The summed E-state index contributed by atoms with van der Waals surface area (Å²) in [5.74, 6) is 2.66. The van der Waals surface area contributed by atoms with Crippen molar-refractivity contribution in [2.75, 3.05) is 40.4 Å². The SMILES string of the molecule is COc1ccc(OC)c(CN2CCN(C(=O)c3cc(C)n(Cc4ccco4)c3C)CC2)c1. The van der Waals surface area contributed by atoms with Gasteiger partial charge in [-0.15, -0.1) is 0 Å². The highest BCUT2D eigenvalue weighted by atomic mass is 16.5. The number of carbonyl (C=O) groups is 1. The zero-order valence-electron chi connectivity index (χ0n) is 19.3. The second-order valence-corrected chi connectivity index (χ2v) is 8.20.